The zero-order valence-electron chi connectivity index (χ0n) is 8.59. The summed E-state index contributed by atoms with van der Waals surface area (Å²) in [5.41, 5.74) is 7.90. The molecule has 0 aromatic heterocycles. The maximum atomic E-state index is 5.79. The summed E-state index contributed by atoms with van der Waals surface area (Å²) in [6.07, 6.45) is 0. The number of nitrogens with two attached hydrogens (primary N) is 1. The Kier molecular flexibility index (Phi) is 2.81. The fourth-order valence-electron chi connectivity index (χ4n) is 1.02. The minimum Gasteiger partial charge on any atom is -0.397 e. The number of benzene rings is 1. The standard InChI is InChI=1S/C11H18N2/c1-11(2,3)8-13-10-7-5-4-6-9(10)12/h4-7,13H,8,12H2,1-3H3. The van der Waals surface area contributed by atoms with Crippen molar-refractivity contribution in [3.8, 4) is 0 Å². The molecule has 0 atom stereocenters. The predicted octanol–water partition coefficient (Wildman–Crippen LogP) is 2.73. The van der Waals surface area contributed by atoms with Gasteiger partial charge in [0, 0.05) is 6.54 Å². The van der Waals surface area contributed by atoms with Crippen molar-refractivity contribution < 1.29 is 0 Å². The quantitative estimate of drug-likeness (QED) is 0.683. The molecular formula is C11H18N2. The van der Waals surface area contributed by atoms with Crippen LogP contribution >= 0.6 is 0 Å². The monoisotopic (exact) mass is 178 g/mol. The lowest BCUT2D eigenvalue weighted by atomic mass is 9.97. The lowest BCUT2D eigenvalue weighted by molar-refractivity contribution is 0.443. The third kappa shape index (κ3) is 3.36. The number of hydrogen-bond donors (Lipinski definition) is 2. The van der Waals surface area contributed by atoms with E-state index in [4.69, 9.17) is 5.73 Å². The minimum absolute atomic E-state index is 0.280. The van der Waals surface area contributed by atoms with E-state index in [1.54, 1.807) is 0 Å². The molecule has 72 valence electrons. The molecule has 13 heavy (non-hydrogen) atoms. The van der Waals surface area contributed by atoms with Crippen molar-refractivity contribution in [2.75, 3.05) is 17.6 Å². The van der Waals surface area contributed by atoms with Crippen LogP contribution in [0.1, 0.15) is 20.8 Å². The smallest absolute Gasteiger partial charge is 0.0574 e. The van der Waals surface area contributed by atoms with Crippen molar-refractivity contribution >= 4 is 11.4 Å². The zero-order valence-corrected chi connectivity index (χ0v) is 8.59. The van der Waals surface area contributed by atoms with E-state index in [1.807, 2.05) is 24.3 Å². The average molecular weight is 178 g/mol. The average Bonchev–Trinajstić information content (AvgIpc) is 2.01. The van der Waals surface area contributed by atoms with Gasteiger partial charge in [-0.2, -0.15) is 0 Å². The first-order valence-electron chi connectivity index (χ1n) is 4.57. The Morgan fingerprint density at radius 2 is 1.85 bits per heavy atom. The van der Waals surface area contributed by atoms with E-state index >= 15 is 0 Å². The molecule has 3 N–H and O–H groups in total. The molecule has 1 aromatic carbocycles. The van der Waals surface area contributed by atoms with E-state index in [2.05, 4.69) is 26.1 Å². The van der Waals surface area contributed by atoms with E-state index in [-0.39, 0.29) is 5.41 Å². The first-order valence-corrected chi connectivity index (χ1v) is 4.57. The zero-order chi connectivity index (χ0) is 9.90. The topological polar surface area (TPSA) is 38.0 Å². The van der Waals surface area contributed by atoms with Gasteiger partial charge in [0.15, 0.2) is 0 Å². The van der Waals surface area contributed by atoms with Crippen LogP contribution in [0.4, 0.5) is 11.4 Å². The molecule has 0 saturated heterocycles. The van der Waals surface area contributed by atoms with Gasteiger partial charge in [0.2, 0.25) is 0 Å². The molecule has 2 nitrogen and oxygen atoms in total. The number of para-hydroxylation sites is 2. The van der Waals surface area contributed by atoms with Gasteiger partial charge in [0.1, 0.15) is 0 Å². The van der Waals surface area contributed by atoms with Crippen LogP contribution in [-0.4, -0.2) is 6.54 Å². The Labute approximate surface area is 80.1 Å². The van der Waals surface area contributed by atoms with Crippen LogP contribution < -0.4 is 11.1 Å². The van der Waals surface area contributed by atoms with E-state index in [9.17, 15) is 0 Å². The summed E-state index contributed by atoms with van der Waals surface area (Å²) >= 11 is 0. The Balaban J connectivity index is 2.60. The maximum Gasteiger partial charge on any atom is 0.0574 e. The van der Waals surface area contributed by atoms with Crippen LogP contribution in [0.2, 0.25) is 0 Å². The molecule has 0 fully saturated rings. The third-order valence-corrected chi connectivity index (χ3v) is 1.77. The number of nitrogens with one attached hydrogen (secondary N) is 1. The van der Waals surface area contributed by atoms with Crippen LogP contribution in [-0.2, 0) is 0 Å². The van der Waals surface area contributed by atoms with E-state index in [0.29, 0.717) is 0 Å². The SMILES string of the molecule is CC(C)(C)CNc1ccccc1N. The van der Waals surface area contributed by atoms with Crippen molar-refractivity contribution in [1.29, 1.82) is 0 Å². The van der Waals surface area contributed by atoms with Crippen molar-refractivity contribution in [2.24, 2.45) is 5.41 Å². The number of hydrogen-bond acceptors (Lipinski definition) is 2. The molecule has 0 saturated carbocycles. The normalized spacial score (nSPS) is 11.3. The molecule has 1 aromatic rings. The molecule has 0 amide bonds. The van der Waals surface area contributed by atoms with E-state index < -0.39 is 0 Å². The first-order chi connectivity index (χ1) is 5.99. The molecule has 0 aliphatic carbocycles. The van der Waals surface area contributed by atoms with Gasteiger partial charge in [-0.3, -0.25) is 0 Å². The van der Waals surface area contributed by atoms with Crippen LogP contribution in [0, 0.1) is 5.41 Å². The van der Waals surface area contributed by atoms with Crippen molar-refractivity contribution in [3.05, 3.63) is 24.3 Å². The second kappa shape index (κ2) is 3.69. The lowest BCUT2D eigenvalue weighted by Crippen LogP contribution is -2.19. The minimum atomic E-state index is 0.280. The highest BCUT2D eigenvalue weighted by molar-refractivity contribution is 5.65. The Morgan fingerprint density at radius 3 is 2.38 bits per heavy atom. The summed E-state index contributed by atoms with van der Waals surface area (Å²) in [4.78, 5) is 0. The fraction of sp³-hybridized carbons (Fsp3) is 0.455. The summed E-state index contributed by atoms with van der Waals surface area (Å²) in [6, 6.07) is 7.84. The molecule has 0 unspecified atom stereocenters. The van der Waals surface area contributed by atoms with Crippen LogP contribution in [0.15, 0.2) is 24.3 Å². The molecule has 0 bridgehead atoms. The fourth-order valence-corrected chi connectivity index (χ4v) is 1.02. The van der Waals surface area contributed by atoms with Crippen molar-refractivity contribution in [2.45, 2.75) is 20.8 Å². The summed E-state index contributed by atoms with van der Waals surface area (Å²) in [7, 11) is 0. The largest absolute Gasteiger partial charge is 0.397 e. The molecule has 0 radical (unpaired) electrons. The van der Waals surface area contributed by atoms with Gasteiger partial charge in [-0.25, -0.2) is 0 Å². The van der Waals surface area contributed by atoms with Gasteiger partial charge >= 0.3 is 0 Å². The number of anilines is 2. The van der Waals surface area contributed by atoms with Gasteiger partial charge in [-0.05, 0) is 17.5 Å². The highest BCUT2D eigenvalue weighted by Gasteiger charge is 2.09. The van der Waals surface area contributed by atoms with Crippen LogP contribution in [0.25, 0.3) is 0 Å². The Morgan fingerprint density at radius 1 is 1.23 bits per heavy atom. The maximum absolute atomic E-state index is 5.79. The van der Waals surface area contributed by atoms with E-state index in [1.165, 1.54) is 0 Å². The third-order valence-electron chi connectivity index (χ3n) is 1.77. The van der Waals surface area contributed by atoms with Crippen molar-refractivity contribution in [1.82, 2.24) is 0 Å². The molecule has 0 aliphatic rings. The highest BCUT2D eigenvalue weighted by Crippen LogP contribution is 2.20. The summed E-state index contributed by atoms with van der Waals surface area (Å²) in [6.45, 7) is 7.51. The highest BCUT2D eigenvalue weighted by atomic mass is 14.9. The molecule has 0 aliphatic heterocycles. The van der Waals surface area contributed by atoms with E-state index in [0.717, 1.165) is 17.9 Å². The molecule has 2 heteroatoms. The molecule has 0 heterocycles. The van der Waals surface area contributed by atoms with Gasteiger partial charge in [-0.1, -0.05) is 32.9 Å². The number of nitrogen functional groups attached to an aromatic ring is 1. The first kappa shape index (κ1) is 9.90. The lowest BCUT2D eigenvalue weighted by Gasteiger charge is -2.20. The van der Waals surface area contributed by atoms with Crippen LogP contribution in [0.3, 0.4) is 0 Å². The van der Waals surface area contributed by atoms with Gasteiger partial charge in [0.05, 0.1) is 11.4 Å². The van der Waals surface area contributed by atoms with Crippen LogP contribution in [0.5, 0.6) is 0 Å². The van der Waals surface area contributed by atoms with Gasteiger partial charge in [-0.15, -0.1) is 0 Å². The predicted molar refractivity (Wildman–Crippen MR) is 58.8 cm³/mol. The number of rotatable bonds is 2. The van der Waals surface area contributed by atoms with Gasteiger partial charge < -0.3 is 11.1 Å². The summed E-state index contributed by atoms with van der Waals surface area (Å²) < 4.78 is 0. The summed E-state index contributed by atoms with van der Waals surface area (Å²) in [5.74, 6) is 0. The second-order valence-electron chi connectivity index (χ2n) is 4.50. The molecule has 1 rings (SSSR count). The Bertz CT molecular complexity index is 274. The van der Waals surface area contributed by atoms with Gasteiger partial charge in [0.25, 0.3) is 0 Å². The Hall–Kier alpha value is -1.18. The molecule has 0 spiro atoms. The second-order valence-corrected chi connectivity index (χ2v) is 4.50. The summed E-state index contributed by atoms with van der Waals surface area (Å²) in [5, 5.41) is 3.33. The van der Waals surface area contributed by atoms with Crippen molar-refractivity contribution in [3.63, 3.8) is 0 Å². The molecular weight excluding hydrogens is 160 g/mol.